The van der Waals surface area contributed by atoms with E-state index in [9.17, 15) is 13.5 Å². The fourth-order valence-corrected chi connectivity index (χ4v) is 3.98. The van der Waals surface area contributed by atoms with Gasteiger partial charge in [0.1, 0.15) is 0 Å². The number of sulfone groups is 1. The van der Waals surface area contributed by atoms with E-state index >= 15 is 0 Å². The highest BCUT2D eigenvalue weighted by atomic mass is 35.5. The zero-order valence-corrected chi connectivity index (χ0v) is 11.1. The maximum atomic E-state index is 11.3. The Kier molecular flexibility index (Phi) is 3.54. The summed E-state index contributed by atoms with van der Waals surface area (Å²) in [5.41, 5.74) is 0.567. The van der Waals surface area contributed by atoms with Gasteiger partial charge in [0.15, 0.2) is 9.84 Å². The van der Waals surface area contributed by atoms with Gasteiger partial charge in [-0.1, -0.05) is 23.2 Å². The third-order valence-electron chi connectivity index (χ3n) is 2.59. The SMILES string of the molecule is O=S1(=O)C[C@H](O)[C@H](Nc2ccc(Cl)cc2Cl)C1. The molecule has 1 aliphatic rings. The van der Waals surface area contributed by atoms with E-state index in [1.165, 1.54) is 0 Å². The molecule has 0 unspecified atom stereocenters. The van der Waals surface area contributed by atoms with Gasteiger partial charge in [-0.15, -0.1) is 0 Å². The Labute approximate surface area is 109 Å². The Morgan fingerprint density at radius 1 is 1.29 bits per heavy atom. The van der Waals surface area contributed by atoms with E-state index in [-0.39, 0.29) is 11.5 Å². The van der Waals surface area contributed by atoms with E-state index < -0.39 is 22.0 Å². The minimum atomic E-state index is -3.17. The highest BCUT2D eigenvalue weighted by Crippen LogP contribution is 2.27. The first-order chi connectivity index (χ1) is 7.87. The van der Waals surface area contributed by atoms with Gasteiger partial charge in [-0.25, -0.2) is 8.42 Å². The van der Waals surface area contributed by atoms with Crippen LogP contribution in [0.2, 0.25) is 10.0 Å². The number of hydrogen-bond acceptors (Lipinski definition) is 4. The van der Waals surface area contributed by atoms with Crippen LogP contribution in [0.4, 0.5) is 5.69 Å². The van der Waals surface area contributed by atoms with Gasteiger partial charge in [0.2, 0.25) is 0 Å². The van der Waals surface area contributed by atoms with E-state index in [1.807, 2.05) is 0 Å². The van der Waals surface area contributed by atoms with Crippen molar-refractivity contribution in [1.82, 2.24) is 0 Å². The van der Waals surface area contributed by atoms with Gasteiger partial charge in [0, 0.05) is 5.02 Å². The van der Waals surface area contributed by atoms with Crippen LogP contribution < -0.4 is 5.32 Å². The molecule has 1 heterocycles. The predicted molar refractivity (Wildman–Crippen MR) is 68.5 cm³/mol. The second-order valence-corrected chi connectivity index (χ2v) is 7.02. The molecule has 2 rings (SSSR count). The molecule has 1 aromatic rings. The lowest BCUT2D eigenvalue weighted by Gasteiger charge is -2.17. The summed E-state index contributed by atoms with van der Waals surface area (Å²) < 4.78 is 22.7. The summed E-state index contributed by atoms with van der Waals surface area (Å²) in [6.45, 7) is 0. The molecule has 0 amide bonds. The van der Waals surface area contributed by atoms with E-state index in [0.29, 0.717) is 15.7 Å². The molecule has 94 valence electrons. The first-order valence-corrected chi connectivity index (χ1v) is 7.55. The summed E-state index contributed by atoms with van der Waals surface area (Å²) in [4.78, 5) is 0. The number of anilines is 1. The van der Waals surface area contributed by atoms with E-state index in [0.717, 1.165) is 0 Å². The number of benzene rings is 1. The van der Waals surface area contributed by atoms with Crippen LogP contribution in [-0.2, 0) is 9.84 Å². The molecule has 1 aromatic carbocycles. The van der Waals surface area contributed by atoms with Crippen molar-refractivity contribution in [1.29, 1.82) is 0 Å². The summed E-state index contributed by atoms with van der Waals surface area (Å²) in [6, 6.07) is 4.33. The number of hydrogen-bond donors (Lipinski definition) is 2. The van der Waals surface area contributed by atoms with Gasteiger partial charge in [0.05, 0.1) is 34.4 Å². The number of aliphatic hydroxyl groups is 1. The van der Waals surface area contributed by atoms with Crippen molar-refractivity contribution in [2.24, 2.45) is 0 Å². The first kappa shape index (κ1) is 13.0. The molecule has 1 fully saturated rings. The van der Waals surface area contributed by atoms with E-state index in [4.69, 9.17) is 23.2 Å². The maximum Gasteiger partial charge on any atom is 0.155 e. The van der Waals surface area contributed by atoms with Crippen LogP contribution >= 0.6 is 23.2 Å². The topological polar surface area (TPSA) is 66.4 Å². The Morgan fingerprint density at radius 3 is 2.53 bits per heavy atom. The van der Waals surface area contributed by atoms with Crippen molar-refractivity contribution < 1.29 is 13.5 Å². The molecule has 4 nitrogen and oxygen atoms in total. The minimum absolute atomic E-state index is 0.0902. The average Bonchev–Trinajstić information content (AvgIpc) is 2.44. The monoisotopic (exact) mass is 295 g/mol. The molecule has 0 spiro atoms. The van der Waals surface area contributed by atoms with E-state index in [2.05, 4.69) is 5.32 Å². The second kappa shape index (κ2) is 4.65. The highest BCUT2D eigenvalue weighted by Gasteiger charge is 2.36. The number of aliphatic hydroxyl groups excluding tert-OH is 1. The van der Waals surface area contributed by atoms with Gasteiger partial charge in [0.25, 0.3) is 0 Å². The third-order valence-corrected chi connectivity index (χ3v) is 4.86. The van der Waals surface area contributed by atoms with Crippen molar-refractivity contribution >= 4 is 38.7 Å². The molecular formula is C10H11Cl2NO3S. The Balaban J connectivity index is 2.17. The van der Waals surface area contributed by atoms with Crippen LogP contribution in [-0.4, -0.2) is 37.2 Å². The average molecular weight is 296 g/mol. The van der Waals surface area contributed by atoms with Gasteiger partial charge >= 0.3 is 0 Å². The molecule has 0 saturated carbocycles. The summed E-state index contributed by atoms with van der Waals surface area (Å²) in [5, 5.41) is 13.4. The summed E-state index contributed by atoms with van der Waals surface area (Å²) in [7, 11) is -3.17. The molecule has 1 aliphatic heterocycles. The molecule has 0 aromatic heterocycles. The van der Waals surface area contributed by atoms with Crippen molar-refractivity contribution in [3.63, 3.8) is 0 Å². The predicted octanol–water partition coefficient (Wildman–Crippen LogP) is 1.56. The fraction of sp³-hybridized carbons (Fsp3) is 0.400. The maximum absolute atomic E-state index is 11.3. The number of nitrogens with one attached hydrogen (secondary N) is 1. The summed E-state index contributed by atoms with van der Waals surface area (Å²) in [5.74, 6) is -0.303. The van der Waals surface area contributed by atoms with Gasteiger partial charge in [-0.05, 0) is 18.2 Å². The van der Waals surface area contributed by atoms with Crippen LogP contribution in [0.25, 0.3) is 0 Å². The van der Waals surface area contributed by atoms with Crippen molar-refractivity contribution in [3.8, 4) is 0 Å². The highest BCUT2D eigenvalue weighted by molar-refractivity contribution is 7.91. The van der Waals surface area contributed by atoms with Gasteiger partial charge < -0.3 is 10.4 Å². The van der Waals surface area contributed by atoms with Crippen LogP contribution in [0.3, 0.4) is 0 Å². The Morgan fingerprint density at radius 2 is 2.00 bits per heavy atom. The zero-order valence-electron chi connectivity index (χ0n) is 8.73. The minimum Gasteiger partial charge on any atom is -0.390 e. The van der Waals surface area contributed by atoms with Crippen LogP contribution in [0, 0.1) is 0 Å². The Hall–Kier alpha value is -0.490. The smallest absolute Gasteiger partial charge is 0.155 e. The largest absolute Gasteiger partial charge is 0.390 e. The van der Waals surface area contributed by atoms with Gasteiger partial charge in [-0.2, -0.15) is 0 Å². The molecule has 17 heavy (non-hydrogen) atoms. The molecule has 1 saturated heterocycles. The lowest BCUT2D eigenvalue weighted by atomic mass is 10.2. The van der Waals surface area contributed by atoms with Gasteiger partial charge in [-0.3, -0.25) is 0 Å². The molecular weight excluding hydrogens is 285 g/mol. The van der Waals surface area contributed by atoms with Crippen LogP contribution in [0.1, 0.15) is 0 Å². The number of halogens is 2. The van der Waals surface area contributed by atoms with Crippen molar-refractivity contribution in [3.05, 3.63) is 28.2 Å². The van der Waals surface area contributed by atoms with Crippen molar-refractivity contribution in [2.45, 2.75) is 12.1 Å². The number of rotatable bonds is 2. The molecule has 2 atom stereocenters. The first-order valence-electron chi connectivity index (χ1n) is 4.97. The molecule has 7 heteroatoms. The molecule has 0 aliphatic carbocycles. The third kappa shape index (κ3) is 3.04. The lowest BCUT2D eigenvalue weighted by Crippen LogP contribution is -2.31. The van der Waals surface area contributed by atoms with E-state index in [1.54, 1.807) is 18.2 Å². The molecule has 2 N–H and O–H groups in total. The molecule has 0 bridgehead atoms. The van der Waals surface area contributed by atoms with Crippen LogP contribution in [0.15, 0.2) is 18.2 Å². The standard InChI is InChI=1S/C10H11Cl2NO3S/c11-6-1-2-8(7(12)3-6)13-9-4-17(15,16)5-10(9)14/h1-3,9-10,13-14H,4-5H2/t9-,10+/m1/s1. The zero-order chi connectivity index (χ0) is 12.6. The quantitative estimate of drug-likeness (QED) is 0.869. The summed E-state index contributed by atoms with van der Waals surface area (Å²) >= 11 is 11.7. The summed E-state index contributed by atoms with van der Waals surface area (Å²) in [6.07, 6.45) is -0.910. The van der Waals surface area contributed by atoms with Crippen molar-refractivity contribution in [2.75, 3.05) is 16.8 Å². The lowest BCUT2D eigenvalue weighted by molar-refractivity contribution is 0.190. The fourth-order valence-electron chi connectivity index (χ4n) is 1.77. The molecule has 0 radical (unpaired) electrons. The normalized spacial score (nSPS) is 27.0. The Bertz CT molecular complexity index is 532. The second-order valence-electron chi connectivity index (χ2n) is 4.02. The van der Waals surface area contributed by atoms with Crippen LogP contribution in [0.5, 0.6) is 0 Å².